The zero-order valence-electron chi connectivity index (χ0n) is 11.1. The lowest BCUT2D eigenvalue weighted by Crippen LogP contribution is -2.38. The third-order valence-electron chi connectivity index (χ3n) is 2.36. The van der Waals surface area contributed by atoms with Crippen LogP contribution in [-0.2, 0) is 15.5 Å². The van der Waals surface area contributed by atoms with Crippen LogP contribution in [0.2, 0.25) is 0 Å². The largest absolute Gasteiger partial charge is 0.383 e. The maximum absolute atomic E-state index is 11.8. The van der Waals surface area contributed by atoms with E-state index in [0.717, 1.165) is 25.1 Å². The van der Waals surface area contributed by atoms with Crippen LogP contribution >= 0.6 is 0 Å². The van der Waals surface area contributed by atoms with E-state index in [9.17, 15) is 4.21 Å². The molecule has 0 aliphatic rings. The molecule has 0 saturated heterocycles. The zero-order chi connectivity index (χ0) is 12.4. The second-order valence-corrected chi connectivity index (χ2v) is 6.22. The summed E-state index contributed by atoms with van der Waals surface area (Å²) in [6, 6.07) is 0.234. The Morgan fingerprint density at radius 2 is 2.06 bits per heavy atom. The van der Waals surface area contributed by atoms with Crippen molar-refractivity contribution in [1.29, 1.82) is 0 Å². The molecule has 0 fully saturated rings. The summed E-state index contributed by atoms with van der Waals surface area (Å²) in [5, 5.41) is 3.37. The summed E-state index contributed by atoms with van der Waals surface area (Å²) in [7, 11) is 0.974. The molecule has 0 aromatic carbocycles. The SMILES string of the molecule is CCCNC(COC)CS(=O)CCC(C)C. The predicted molar refractivity (Wildman–Crippen MR) is 71.3 cm³/mol. The van der Waals surface area contributed by atoms with Gasteiger partial charge in [0, 0.05) is 35.5 Å². The lowest BCUT2D eigenvalue weighted by molar-refractivity contribution is 0.173. The highest BCUT2D eigenvalue weighted by atomic mass is 32.2. The average molecular weight is 249 g/mol. The number of rotatable bonds is 10. The highest BCUT2D eigenvalue weighted by molar-refractivity contribution is 7.85. The van der Waals surface area contributed by atoms with Crippen LogP contribution < -0.4 is 5.32 Å². The van der Waals surface area contributed by atoms with Gasteiger partial charge >= 0.3 is 0 Å². The van der Waals surface area contributed by atoms with Gasteiger partial charge in [-0.3, -0.25) is 4.21 Å². The zero-order valence-corrected chi connectivity index (χ0v) is 11.9. The smallest absolute Gasteiger partial charge is 0.0624 e. The maximum Gasteiger partial charge on any atom is 0.0624 e. The molecule has 0 rings (SSSR count). The number of methoxy groups -OCH3 is 1. The molecular formula is C12H27NO2S. The molecule has 16 heavy (non-hydrogen) atoms. The molecule has 0 radical (unpaired) electrons. The molecule has 0 bridgehead atoms. The summed E-state index contributed by atoms with van der Waals surface area (Å²) < 4.78 is 16.9. The predicted octanol–water partition coefficient (Wildman–Crippen LogP) is 1.80. The molecule has 4 heteroatoms. The first kappa shape index (κ1) is 16.1. The van der Waals surface area contributed by atoms with Crippen molar-refractivity contribution in [3.63, 3.8) is 0 Å². The fraction of sp³-hybridized carbons (Fsp3) is 1.00. The molecule has 0 spiro atoms. The van der Waals surface area contributed by atoms with E-state index >= 15 is 0 Å². The van der Waals surface area contributed by atoms with Crippen molar-refractivity contribution >= 4 is 10.8 Å². The Hall–Kier alpha value is 0.0700. The van der Waals surface area contributed by atoms with Crippen LogP contribution in [0, 0.1) is 5.92 Å². The number of nitrogens with one attached hydrogen (secondary N) is 1. The average Bonchev–Trinajstić information content (AvgIpc) is 2.23. The first-order valence-electron chi connectivity index (χ1n) is 6.17. The van der Waals surface area contributed by atoms with Crippen molar-refractivity contribution in [2.75, 3.05) is 31.8 Å². The molecule has 0 aliphatic carbocycles. The Bertz CT molecular complexity index is 186. The van der Waals surface area contributed by atoms with Gasteiger partial charge in [0.2, 0.25) is 0 Å². The molecule has 98 valence electrons. The van der Waals surface area contributed by atoms with Crippen LogP contribution in [0.25, 0.3) is 0 Å². The molecule has 0 aromatic rings. The molecule has 0 saturated carbocycles. The Morgan fingerprint density at radius 1 is 1.38 bits per heavy atom. The molecule has 2 atom stereocenters. The van der Waals surface area contributed by atoms with Crippen molar-refractivity contribution in [1.82, 2.24) is 5.32 Å². The topological polar surface area (TPSA) is 38.3 Å². The molecular weight excluding hydrogens is 222 g/mol. The highest BCUT2D eigenvalue weighted by Gasteiger charge is 2.12. The molecule has 0 aromatic heterocycles. The fourth-order valence-electron chi connectivity index (χ4n) is 1.39. The van der Waals surface area contributed by atoms with E-state index in [4.69, 9.17) is 4.74 Å². The van der Waals surface area contributed by atoms with Gasteiger partial charge in [0.1, 0.15) is 0 Å². The van der Waals surface area contributed by atoms with Crippen LogP contribution in [0.15, 0.2) is 0 Å². The number of ether oxygens (including phenoxy) is 1. The van der Waals surface area contributed by atoms with Crippen LogP contribution in [-0.4, -0.2) is 42.0 Å². The highest BCUT2D eigenvalue weighted by Crippen LogP contribution is 2.02. The Kier molecular flexibility index (Phi) is 10.3. The summed E-state index contributed by atoms with van der Waals surface area (Å²) in [5.41, 5.74) is 0. The van der Waals surface area contributed by atoms with Crippen molar-refractivity contribution in [3.05, 3.63) is 0 Å². The van der Waals surface area contributed by atoms with E-state index < -0.39 is 10.8 Å². The lowest BCUT2D eigenvalue weighted by Gasteiger charge is -2.17. The van der Waals surface area contributed by atoms with Crippen molar-refractivity contribution in [2.24, 2.45) is 5.92 Å². The second kappa shape index (κ2) is 10.2. The van der Waals surface area contributed by atoms with E-state index in [0.29, 0.717) is 18.3 Å². The third kappa shape index (κ3) is 9.31. The van der Waals surface area contributed by atoms with Crippen LogP contribution in [0.5, 0.6) is 0 Å². The van der Waals surface area contributed by atoms with Crippen molar-refractivity contribution in [3.8, 4) is 0 Å². The maximum atomic E-state index is 11.8. The third-order valence-corrected chi connectivity index (χ3v) is 3.83. The lowest BCUT2D eigenvalue weighted by atomic mass is 10.2. The summed E-state index contributed by atoms with van der Waals surface area (Å²) in [4.78, 5) is 0. The Morgan fingerprint density at radius 3 is 2.56 bits per heavy atom. The minimum Gasteiger partial charge on any atom is -0.383 e. The van der Waals surface area contributed by atoms with Crippen LogP contribution in [0.1, 0.15) is 33.6 Å². The molecule has 0 aliphatic heterocycles. The quantitative estimate of drug-likeness (QED) is 0.641. The van der Waals surface area contributed by atoms with Gasteiger partial charge < -0.3 is 10.1 Å². The molecule has 3 nitrogen and oxygen atoms in total. The Labute approximate surface area is 103 Å². The summed E-state index contributed by atoms with van der Waals surface area (Å²) in [6.07, 6.45) is 2.14. The van der Waals surface area contributed by atoms with Crippen LogP contribution in [0.3, 0.4) is 0 Å². The molecule has 2 unspecified atom stereocenters. The number of hydrogen-bond donors (Lipinski definition) is 1. The van der Waals surface area contributed by atoms with Gasteiger partial charge in [-0.05, 0) is 25.3 Å². The summed E-state index contributed by atoms with van der Waals surface area (Å²) >= 11 is 0. The van der Waals surface area contributed by atoms with E-state index in [1.807, 2.05) is 0 Å². The molecule has 1 N–H and O–H groups in total. The van der Waals surface area contributed by atoms with E-state index in [1.54, 1.807) is 7.11 Å². The van der Waals surface area contributed by atoms with Crippen molar-refractivity contribution in [2.45, 2.75) is 39.7 Å². The molecule has 0 amide bonds. The first-order chi connectivity index (χ1) is 7.60. The first-order valence-corrected chi connectivity index (χ1v) is 7.66. The summed E-state index contributed by atoms with van der Waals surface area (Å²) in [6.45, 7) is 8.08. The Balaban J connectivity index is 3.82. The minimum absolute atomic E-state index is 0.234. The standard InChI is InChI=1S/C12H27NO2S/c1-5-7-13-12(9-15-4)10-16(14)8-6-11(2)3/h11-13H,5-10H2,1-4H3. The van der Waals surface area contributed by atoms with Gasteiger partial charge in [0.15, 0.2) is 0 Å². The van der Waals surface area contributed by atoms with Crippen molar-refractivity contribution < 1.29 is 8.95 Å². The van der Waals surface area contributed by atoms with Gasteiger partial charge in [-0.15, -0.1) is 0 Å². The summed E-state index contributed by atoms with van der Waals surface area (Å²) in [5.74, 6) is 2.15. The van der Waals surface area contributed by atoms with Gasteiger partial charge in [-0.1, -0.05) is 20.8 Å². The number of hydrogen-bond acceptors (Lipinski definition) is 3. The van der Waals surface area contributed by atoms with Gasteiger partial charge in [0.25, 0.3) is 0 Å². The minimum atomic E-state index is -0.718. The van der Waals surface area contributed by atoms with Gasteiger partial charge in [-0.25, -0.2) is 0 Å². The monoisotopic (exact) mass is 249 g/mol. The van der Waals surface area contributed by atoms with Gasteiger partial charge in [0.05, 0.1) is 6.61 Å². The van der Waals surface area contributed by atoms with E-state index in [-0.39, 0.29) is 6.04 Å². The van der Waals surface area contributed by atoms with Gasteiger partial charge in [-0.2, -0.15) is 0 Å². The normalized spacial score (nSPS) is 15.3. The second-order valence-electron chi connectivity index (χ2n) is 4.60. The van der Waals surface area contributed by atoms with E-state index in [1.165, 1.54) is 0 Å². The molecule has 0 heterocycles. The fourth-order valence-corrected chi connectivity index (χ4v) is 2.95. The van der Waals surface area contributed by atoms with E-state index in [2.05, 4.69) is 26.1 Å². The van der Waals surface area contributed by atoms with Crippen LogP contribution in [0.4, 0.5) is 0 Å².